The van der Waals surface area contributed by atoms with Crippen LogP contribution in [0.4, 0.5) is 0 Å². The Labute approximate surface area is 197 Å². The molecular formula is C25H27N5O2S. The fraction of sp³-hybridized carbons (Fsp3) is 0.360. The molecule has 3 aromatic heterocycles. The highest BCUT2D eigenvalue weighted by Gasteiger charge is 2.42. The average molecular weight is 462 g/mol. The summed E-state index contributed by atoms with van der Waals surface area (Å²) in [5, 5.41) is 8.59. The molecule has 7 nitrogen and oxygen atoms in total. The first kappa shape index (κ1) is 21.6. The van der Waals surface area contributed by atoms with Crippen molar-refractivity contribution in [3.8, 4) is 11.3 Å². The summed E-state index contributed by atoms with van der Waals surface area (Å²) in [6, 6.07) is 7.75. The minimum Gasteiger partial charge on any atom is -0.341 e. The van der Waals surface area contributed by atoms with E-state index in [-0.39, 0.29) is 23.8 Å². The summed E-state index contributed by atoms with van der Waals surface area (Å²) in [5.74, 6) is 0.180. The molecule has 0 atom stereocenters. The number of thiophene rings is 1. The molecule has 0 bridgehead atoms. The third kappa shape index (κ3) is 4.90. The minimum atomic E-state index is 0.0747. The zero-order chi connectivity index (χ0) is 22.7. The number of hydrogen-bond donors (Lipinski definition) is 0. The molecule has 33 heavy (non-hydrogen) atoms. The lowest BCUT2D eigenvalue weighted by atomic mass is 9.78. The molecule has 2 saturated heterocycles. The molecule has 5 heterocycles. The van der Waals surface area contributed by atoms with Gasteiger partial charge < -0.3 is 9.80 Å². The largest absolute Gasteiger partial charge is 0.341 e. The Morgan fingerprint density at radius 1 is 1.03 bits per heavy atom. The standard InChI is InChI=1S/C25H27N5O2S/c31-23(2-1-20-6-16-33-18-20)28-13-7-25(8-14-28)9-15-29(19-25)24(32)17-30-12-5-22(27-30)21-3-10-26-11-4-21/h1-6,10-12,16,18H,7-9,13-15,17,19H2. The molecule has 2 fully saturated rings. The van der Waals surface area contributed by atoms with Gasteiger partial charge in [0.05, 0.1) is 5.69 Å². The maximum absolute atomic E-state index is 12.9. The first-order valence-electron chi connectivity index (χ1n) is 11.3. The number of nitrogens with zero attached hydrogens (tertiary/aromatic N) is 5. The van der Waals surface area contributed by atoms with Crippen molar-refractivity contribution >= 4 is 29.2 Å². The van der Waals surface area contributed by atoms with E-state index >= 15 is 0 Å². The number of pyridine rings is 1. The molecule has 0 aromatic carbocycles. The quantitative estimate of drug-likeness (QED) is 0.545. The molecule has 2 amide bonds. The van der Waals surface area contributed by atoms with Crippen molar-refractivity contribution in [1.82, 2.24) is 24.6 Å². The van der Waals surface area contributed by atoms with Gasteiger partial charge in [-0.2, -0.15) is 16.4 Å². The number of carbonyl (C=O) groups is 2. The summed E-state index contributed by atoms with van der Waals surface area (Å²) in [4.78, 5) is 33.4. The van der Waals surface area contributed by atoms with Gasteiger partial charge in [0.1, 0.15) is 6.54 Å². The molecule has 0 unspecified atom stereocenters. The molecule has 0 saturated carbocycles. The summed E-state index contributed by atoms with van der Waals surface area (Å²) < 4.78 is 1.71. The Bertz CT molecular complexity index is 1130. The summed E-state index contributed by atoms with van der Waals surface area (Å²) in [7, 11) is 0. The molecule has 2 aliphatic rings. The van der Waals surface area contributed by atoms with Crippen LogP contribution in [-0.2, 0) is 16.1 Å². The molecule has 0 radical (unpaired) electrons. The Morgan fingerprint density at radius 2 is 1.79 bits per heavy atom. The van der Waals surface area contributed by atoms with Crippen LogP contribution in [0.25, 0.3) is 17.3 Å². The van der Waals surface area contributed by atoms with Crippen LogP contribution in [0.5, 0.6) is 0 Å². The molecule has 170 valence electrons. The van der Waals surface area contributed by atoms with Crippen molar-refractivity contribution in [2.75, 3.05) is 26.2 Å². The number of piperidine rings is 1. The number of aromatic nitrogens is 3. The predicted octanol–water partition coefficient (Wildman–Crippen LogP) is 3.56. The van der Waals surface area contributed by atoms with Gasteiger partial charge in [0.15, 0.2) is 0 Å². The van der Waals surface area contributed by atoms with E-state index in [1.165, 1.54) is 0 Å². The van der Waals surface area contributed by atoms with Gasteiger partial charge in [-0.25, -0.2) is 0 Å². The van der Waals surface area contributed by atoms with Crippen molar-refractivity contribution in [2.24, 2.45) is 5.41 Å². The maximum Gasteiger partial charge on any atom is 0.246 e. The second-order valence-corrected chi connectivity index (χ2v) is 9.70. The van der Waals surface area contributed by atoms with E-state index in [4.69, 9.17) is 0 Å². The summed E-state index contributed by atoms with van der Waals surface area (Å²) in [5.41, 5.74) is 3.03. The summed E-state index contributed by atoms with van der Waals surface area (Å²) >= 11 is 1.63. The smallest absolute Gasteiger partial charge is 0.246 e. The molecule has 0 N–H and O–H groups in total. The molecule has 8 heteroatoms. The normalized spacial score (nSPS) is 17.8. The predicted molar refractivity (Wildman–Crippen MR) is 128 cm³/mol. The van der Waals surface area contributed by atoms with Crippen molar-refractivity contribution in [3.05, 3.63) is 65.3 Å². The lowest BCUT2D eigenvalue weighted by Gasteiger charge is -2.39. The van der Waals surface area contributed by atoms with Crippen LogP contribution in [0, 0.1) is 5.41 Å². The Hall–Kier alpha value is -3.26. The second kappa shape index (κ2) is 9.31. The van der Waals surface area contributed by atoms with Crippen LogP contribution in [0.2, 0.25) is 0 Å². The highest BCUT2D eigenvalue weighted by atomic mass is 32.1. The van der Waals surface area contributed by atoms with E-state index < -0.39 is 0 Å². The van der Waals surface area contributed by atoms with Gasteiger partial charge >= 0.3 is 0 Å². The zero-order valence-corrected chi connectivity index (χ0v) is 19.3. The van der Waals surface area contributed by atoms with E-state index in [1.54, 1.807) is 34.5 Å². The summed E-state index contributed by atoms with van der Waals surface area (Å²) in [6.45, 7) is 3.31. The van der Waals surface area contributed by atoms with Crippen LogP contribution < -0.4 is 0 Å². The monoisotopic (exact) mass is 461 g/mol. The highest BCUT2D eigenvalue weighted by molar-refractivity contribution is 7.08. The molecule has 0 aliphatic carbocycles. The van der Waals surface area contributed by atoms with Gasteiger partial charge in [0, 0.05) is 56.4 Å². The number of amides is 2. The first-order chi connectivity index (χ1) is 16.1. The minimum absolute atomic E-state index is 0.0747. The second-order valence-electron chi connectivity index (χ2n) is 8.92. The number of rotatable bonds is 5. The number of hydrogen-bond acceptors (Lipinski definition) is 5. The van der Waals surface area contributed by atoms with E-state index in [0.717, 1.165) is 62.3 Å². The number of likely N-dealkylation sites (tertiary alicyclic amines) is 2. The molecule has 3 aromatic rings. The van der Waals surface area contributed by atoms with Crippen molar-refractivity contribution in [3.63, 3.8) is 0 Å². The van der Waals surface area contributed by atoms with E-state index in [2.05, 4.69) is 10.1 Å². The molecular weight excluding hydrogens is 434 g/mol. The Kier molecular flexibility index (Phi) is 6.09. The van der Waals surface area contributed by atoms with E-state index in [1.807, 2.05) is 57.1 Å². The lowest BCUT2D eigenvalue weighted by Crippen LogP contribution is -2.44. The summed E-state index contributed by atoms with van der Waals surface area (Å²) in [6.07, 6.45) is 11.8. The third-order valence-corrected chi connectivity index (χ3v) is 7.50. The average Bonchev–Trinajstić information content (AvgIpc) is 3.61. The SMILES string of the molecule is O=C(C=Cc1ccsc1)N1CCC2(CC1)CCN(C(=O)Cn1ccc(-c3ccncc3)n1)C2. The van der Waals surface area contributed by atoms with Crippen LogP contribution in [-0.4, -0.2) is 62.6 Å². The molecule has 1 spiro atoms. The van der Waals surface area contributed by atoms with Crippen LogP contribution >= 0.6 is 11.3 Å². The topological polar surface area (TPSA) is 71.3 Å². The van der Waals surface area contributed by atoms with Gasteiger partial charge in [0.25, 0.3) is 0 Å². The van der Waals surface area contributed by atoms with Crippen molar-refractivity contribution in [2.45, 2.75) is 25.8 Å². The molecule has 2 aliphatic heterocycles. The van der Waals surface area contributed by atoms with Gasteiger partial charge in [-0.15, -0.1) is 0 Å². The van der Waals surface area contributed by atoms with Gasteiger partial charge in [-0.05, 0) is 71.3 Å². The van der Waals surface area contributed by atoms with Crippen molar-refractivity contribution in [1.29, 1.82) is 0 Å². The Morgan fingerprint density at radius 3 is 2.52 bits per heavy atom. The van der Waals surface area contributed by atoms with Crippen LogP contribution in [0.3, 0.4) is 0 Å². The maximum atomic E-state index is 12.9. The first-order valence-corrected chi connectivity index (χ1v) is 12.3. The van der Waals surface area contributed by atoms with Crippen molar-refractivity contribution < 1.29 is 9.59 Å². The lowest BCUT2D eigenvalue weighted by molar-refractivity contribution is -0.132. The fourth-order valence-electron chi connectivity index (χ4n) is 4.77. The third-order valence-electron chi connectivity index (χ3n) is 6.80. The number of carbonyl (C=O) groups excluding carboxylic acids is 2. The zero-order valence-electron chi connectivity index (χ0n) is 18.5. The van der Waals surface area contributed by atoms with E-state index in [0.29, 0.717) is 0 Å². The van der Waals surface area contributed by atoms with Crippen LogP contribution in [0.1, 0.15) is 24.8 Å². The fourth-order valence-corrected chi connectivity index (χ4v) is 5.39. The van der Waals surface area contributed by atoms with Gasteiger partial charge in [0.2, 0.25) is 11.8 Å². The Balaban J connectivity index is 1.13. The van der Waals surface area contributed by atoms with Crippen LogP contribution in [0.15, 0.2) is 59.7 Å². The molecule has 5 rings (SSSR count). The van der Waals surface area contributed by atoms with E-state index in [9.17, 15) is 9.59 Å². The van der Waals surface area contributed by atoms with Gasteiger partial charge in [-0.1, -0.05) is 0 Å². The highest BCUT2D eigenvalue weighted by Crippen LogP contribution is 2.40. The van der Waals surface area contributed by atoms with Gasteiger partial charge in [-0.3, -0.25) is 19.3 Å².